The van der Waals surface area contributed by atoms with Gasteiger partial charge in [0.15, 0.2) is 0 Å². The molecule has 0 aliphatic carbocycles. The SMILES string of the molecule is Cl.Cl.O=C(Cc1csc(-c2cccc(F)c2)n1)NC1CC2CCC(C1)N2. The number of fused-ring (bicyclic) bond motifs is 2. The average molecular weight is 418 g/mol. The summed E-state index contributed by atoms with van der Waals surface area (Å²) in [6.07, 6.45) is 4.77. The molecule has 2 aliphatic heterocycles. The number of hydrogen-bond acceptors (Lipinski definition) is 4. The molecule has 1 aromatic heterocycles. The van der Waals surface area contributed by atoms with Crippen LogP contribution in [0.2, 0.25) is 0 Å². The zero-order valence-electron chi connectivity index (χ0n) is 14.1. The Balaban J connectivity index is 0.00000121. The van der Waals surface area contributed by atoms with Gasteiger partial charge in [-0.15, -0.1) is 36.2 Å². The molecular formula is C18H22Cl2FN3OS. The summed E-state index contributed by atoms with van der Waals surface area (Å²) in [6.45, 7) is 0. The summed E-state index contributed by atoms with van der Waals surface area (Å²) in [4.78, 5) is 16.8. The van der Waals surface area contributed by atoms with E-state index in [0.717, 1.165) is 29.1 Å². The molecule has 2 atom stereocenters. The highest BCUT2D eigenvalue weighted by Crippen LogP contribution is 2.27. The minimum Gasteiger partial charge on any atom is -0.353 e. The highest BCUT2D eigenvalue weighted by molar-refractivity contribution is 7.13. The second-order valence-electron chi connectivity index (χ2n) is 6.70. The molecule has 4 nitrogen and oxygen atoms in total. The van der Waals surface area contributed by atoms with Crippen molar-refractivity contribution >= 4 is 42.1 Å². The Kier molecular flexibility index (Phi) is 7.41. The minimum atomic E-state index is -0.275. The van der Waals surface area contributed by atoms with Crippen molar-refractivity contribution in [2.24, 2.45) is 0 Å². The highest BCUT2D eigenvalue weighted by Gasteiger charge is 2.33. The van der Waals surface area contributed by atoms with Gasteiger partial charge in [-0.05, 0) is 37.8 Å². The molecule has 0 spiro atoms. The molecule has 2 aliphatic rings. The van der Waals surface area contributed by atoms with Crippen molar-refractivity contribution in [2.75, 3.05) is 0 Å². The average Bonchev–Trinajstić information content (AvgIpc) is 3.14. The molecule has 2 saturated heterocycles. The van der Waals surface area contributed by atoms with Crippen LogP contribution in [0, 0.1) is 5.82 Å². The molecule has 1 aromatic carbocycles. The summed E-state index contributed by atoms with van der Waals surface area (Å²) in [5, 5.41) is 9.36. The zero-order valence-corrected chi connectivity index (χ0v) is 16.6. The number of carbonyl (C=O) groups excluding carboxylic acids is 1. The van der Waals surface area contributed by atoms with Gasteiger partial charge >= 0.3 is 0 Å². The molecule has 0 radical (unpaired) electrons. The summed E-state index contributed by atoms with van der Waals surface area (Å²) in [5.41, 5.74) is 1.50. The fourth-order valence-corrected chi connectivity index (χ4v) is 4.58. The summed E-state index contributed by atoms with van der Waals surface area (Å²) < 4.78 is 13.3. The maximum atomic E-state index is 13.3. The maximum Gasteiger partial charge on any atom is 0.226 e. The molecule has 2 unspecified atom stereocenters. The van der Waals surface area contributed by atoms with Crippen LogP contribution in [-0.2, 0) is 11.2 Å². The molecule has 2 aromatic rings. The topological polar surface area (TPSA) is 54.0 Å². The number of carbonyl (C=O) groups is 1. The van der Waals surface area contributed by atoms with Crippen molar-refractivity contribution in [1.82, 2.24) is 15.6 Å². The van der Waals surface area contributed by atoms with Gasteiger partial charge in [-0.25, -0.2) is 9.37 Å². The van der Waals surface area contributed by atoms with Crippen molar-refractivity contribution in [3.63, 3.8) is 0 Å². The number of thiazole rings is 1. The summed E-state index contributed by atoms with van der Waals surface area (Å²) >= 11 is 1.44. The molecule has 8 heteroatoms. The van der Waals surface area contributed by atoms with Gasteiger partial charge in [0.25, 0.3) is 0 Å². The van der Waals surface area contributed by atoms with E-state index < -0.39 is 0 Å². The fourth-order valence-electron chi connectivity index (χ4n) is 3.76. The molecule has 3 heterocycles. The Hall–Kier alpha value is -1.21. The predicted octanol–water partition coefficient (Wildman–Crippen LogP) is 3.73. The number of aromatic nitrogens is 1. The number of benzene rings is 1. The lowest BCUT2D eigenvalue weighted by Gasteiger charge is -2.29. The maximum absolute atomic E-state index is 13.3. The molecule has 142 valence electrons. The van der Waals surface area contributed by atoms with Gasteiger partial charge in [0.1, 0.15) is 10.8 Å². The number of nitrogens with one attached hydrogen (secondary N) is 2. The van der Waals surface area contributed by atoms with Crippen molar-refractivity contribution in [3.05, 3.63) is 41.2 Å². The third-order valence-electron chi connectivity index (χ3n) is 4.80. The fraction of sp³-hybridized carbons (Fsp3) is 0.444. The number of hydrogen-bond donors (Lipinski definition) is 2. The lowest BCUT2D eigenvalue weighted by Crippen LogP contribution is -2.48. The third-order valence-corrected chi connectivity index (χ3v) is 5.74. The monoisotopic (exact) mass is 417 g/mol. The summed E-state index contributed by atoms with van der Waals surface area (Å²) in [7, 11) is 0. The Bertz CT molecular complexity index is 746. The van der Waals surface area contributed by atoms with Gasteiger partial charge in [-0.2, -0.15) is 0 Å². The lowest BCUT2D eigenvalue weighted by atomic mass is 9.99. The summed E-state index contributed by atoms with van der Waals surface area (Å²) in [6, 6.07) is 7.78. The second-order valence-corrected chi connectivity index (χ2v) is 7.56. The summed E-state index contributed by atoms with van der Waals surface area (Å²) in [5.74, 6) is -0.250. The molecule has 1 amide bonds. The predicted molar refractivity (Wildman–Crippen MR) is 107 cm³/mol. The van der Waals surface area contributed by atoms with Crippen LogP contribution in [0.25, 0.3) is 10.6 Å². The van der Waals surface area contributed by atoms with E-state index in [1.165, 1.54) is 36.3 Å². The normalized spacial score (nSPS) is 23.7. The standard InChI is InChI=1S/C18H20FN3OS.2ClH/c19-12-3-1-2-11(6-12)18-22-16(10-24-18)9-17(23)21-15-7-13-4-5-14(8-15)20-13;;/h1-3,6,10,13-15,20H,4-5,7-9H2,(H,21,23);2*1H. The van der Waals surface area contributed by atoms with Gasteiger partial charge in [-0.1, -0.05) is 12.1 Å². The molecule has 0 saturated carbocycles. The van der Waals surface area contributed by atoms with E-state index >= 15 is 0 Å². The van der Waals surface area contributed by atoms with E-state index in [-0.39, 0.29) is 49.0 Å². The Morgan fingerprint density at radius 2 is 2.00 bits per heavy atom. The molecular weight excluding hydrogens is 396 g/mol. The van der Waals surface area contributed by atoms with Crippen molar-refractivity contribution in [1.29, 1.82) is 0 Å². The van der Waals surface area contributed by atoms with Crippen LogP contribution in [0.1, 0.15) is 31.4 Å². The van der Waals surface area contributed by atoms with Gasteiger partial charge < -0.3 is 10.6 Å². The smallest absolute Gasteiger partial charge is 0.226 e. The number of rotatable bonds is 4. The zero-order chi connectivity index (χ0) is 16.5. The van der Waals surface area contributed by atoms with E-state index in [9.17, 15) is 9.18 Å². The van der Waals surface area contributed by atoms with E-state index in [0.29, 0.717) is 12.1 Å². The highest BCUT2D eigenvalue weighted by atomic mass is 35.5. The Labute approximate surface area is 168 Å². The van der Waals surface area contributed by atoms with Gasteiger partial charge in [0, 0.05) is 29.1 Å². The quantitative estimate of drug-likeness (QED) is 0.796. The van der Waals surface area contributed by atoms with Crippen LogP contribution in [0.5, 0.6) is 0 Å². The van der Waals surface area contributed by atoms with Crippen LogP contribution >= 0.6 is 36.2 Å². The Morgan fingerprint density at radius 1 is 1.27 bits per heavy atom. The van der Waals surface area contributed by atoms with E-state index in [1.807, 2.05) is 11.4 Å². The first kappa shape index (κ1) is 21.1. The van der Waals surface area contributed by atoms with Gasteiger partial charge in [-0.3, -0.25) is 4.79 Å². The number of amides is 1. The van der Waals surface area contributed by atoms with Crippen LogP contribution in [-0.4, -0.2) is 29.0 Å². The molecule has 2 bridgehead atoms. The number of halogens is 3. The molecule has 2 fully saturated rings. The number of nitrogens with zero attached hydrogens (tertiary/aromatic N) is 1. The first-order chi connectivity index (χ1) is 11.7. The first-order valence-electron chi connectivity index (χ1n) is 8.41. The van der Waals surface area contributed by atoms with Crippen molar-refractivity contribution < 1.29 is 9.18 Å². The van der Waals surface area contributed by atoms with E-state index in [2.05, 4.69) is 15.6 Å². The van der Waals surface area contributed by atoms with Crippen LogP contribution in [0.3, 0.4) is 0 Å². The first-order valence-corrected chi connectivity index (χ1v) is 9.29. The molecule has 4 rings (SSSR count). The van der Waals surface area contributed by atoms with Crippen molar-refractivity contribution in [3.8, 4) is 10.6 Å². The minimum absolute atomic E-state index is 0. The van der Waals surface area contributed by atoms with Crippen LogP contribution in [0.15, 0.2) is 29.6 Å². The second kappa shape index (κ2) is 9.13. The van der Waals surface area contributed by atoms with Crippen LogP contribution in [0.4, 0.5) is 4.39 Å². The third kappa shape index (κ3) is 4.94. The van der Waals surface area contributed by atoms with E-state index in [4.69, 9.17) is 0 Å². The van der Waals surface area contributed by atoms with Gasteiger partial charge in [0.05, 0.1) is 12.1 Å². The molecule has 2 N–H and O–H groups in total. The lowest BCUT2D eigenvalue weighted by molar-refractivity contribution is -0.121. The van der Waals surface area contributed by atoms with Crippen LogP contribution < -0.4 is 10.6 Å². The largest absolute Gasteiger partial charge is 0.353 e. The molecule has 26 heavy (non-hydrogen) atoms. The Morgan fingerprint density at radius 3 is 2.69 bits per heavy atom. The van der Waals surface area contributed by atoms with Crippen molar-refractivity contribution in [2.45, 2.75) is 50.2 Å². The van der Waals surface area contributed by atoms with Gasteiger partial charge in [0.2, 0.25) is 5.91 Å². The number of piperidine rings is 1. The van der Waals surface area contributed by atoms with E-state index in [1.54, 1.807) is 6.07 Å².